The summed E-state index contributed by atoms with van der Waals surface area (Å²) >= 11 is 0. The molecular formula is C30H31N11O. The Labute approximate surface area is 243 Å². The third kappa shape index (κ3) is 4.88. The molecule has 12 nitrogen and oxygen atoms in total. The van der Waals surface area contributed by atoms with Crippen LogP contribution in [0.15, 0.2) is 55.1 Å². The van der Waals surface area contributed by atoms with Gasteiger partial charge < -0.3 is 19.9 Å². The Morgan fingerprint density at radius 3 is 2.67 bits per heavy atom. The standard InChI is InChI=1S/C30H31N11O/c1-19-36-27(38-37-19)7-8-32-23-9-26(30-22(11-31)14-35-41(30)16-23)21-4-5-28(33-13-21)39-17-24-10-25(18-39)40(24)15-20-3-6-29(42-2)34-12-20/h3-6,9,12-14,16,24-25,32H,7-8,10,15,17-18H2,1-2H3,(H,36,37,38). The zero-order valence-corrected chi connectivity index (χ0v) is 23.5. The lowest BCUT2D eigenvalue weighted by Gasteiger charge is -2.56. The van der Waals surface area contributed by atoms with Crippen LogP contribution in [0.1, 0.15) is 29.2 Å². The van der Waals surface area contributed by atoms with E-state index in [9.17, 15) is 5.26 Å². The number of nitrogens with zero attached hydrogens (tertiary/aromatic N) is 9. The molecule has 2 N–H and O–H groups in total. The van der Waals surface area contributed by atoms with Gasteiger partial charge in [0.25, 0.3) is 0 Å². The Morgan fingerprint density at radius 1 is 1.10 bits per heavy atom. The smallest absolute Gasteiger partial charge is 0.212 e. The summed E-state index contributed by atoms with van der Waals surface area (Å²) in [6.07, 6.45) is 9.24. The lowest BCUT2D eigenvalue weighted by atomic mass is 9.87. The molecule has 3 fully saturated rings. The minimum Gasteiger partial charge on any atom is -0.481 e. The molecule has 12 heteroatoms. The number of aryl methyl sites for hydroxylation is 1. The van der Waals surface area contributed by atoms with Gasteiger partial charge in [-0.25, -0.2) is 14.5 Å². The molecule has 2 atom stereocenters. The molecule has 42 heavy (non-hydrogen) atoms. The van der Waals surface area contributed by atoms with E-state index in [1.807, 2.05) is 31.6 Å². The van der Waals surface area contributed by atoms with Crippen molar-refractivity contribution in [3.05, 3.63) is 77.9 Å². The highest BCUT2D eigenvalue weighted by molar-refractivity contribution is 5.86. The molecule has 2 bridgehead atoms. The lowest BCUT2D eigenvalue weighted by Crippen LogP contribution is -2.68. The van der Waals surface area contributed by atoms with E-state index in [1.165, 1.54) is 12.0 Å². The number of hydrogen-bond acceptors (Lipinski definition) is 10. The number of pyridine rings is 3. The second-order valence-electron chi connectivity index (χ2n) is 10.9. The van der Waals surface area contributed by atoms with E-state index in [2.05, 4.69) is 70.7 Å². The van der Waals surface area contributed by atoms with E-state index in [4.69, 9.17) is 9.72 Å². The number of hydrogen-bond donors (Lipinski definition) is 2. The van der Waals surface area contributed by atoms with Crippen LogP contribution in [0.5, 0.6) is 5.88 Å². The molecule has 212 valence electrons. The van der Waals surface area contributed by atoms with Crippen LogP contribution >= 0.6 is 0 Å². The lowest BCUT2D eigenvalue weighted by molar-refractivity contribution is -0.00876. The zero-order valence-electron chi connectivity index (χ0n) is 23.5. The third-order valence-corrected chi connectivity index (χ3v) is 8.17. The monoisotopic (exact) mass is 561 g/mol. The largest absolute Gasteiger partial charge is 0.481 e. The first kappa shape index (κ1) is 25.9. The Kier molecular flexibility index (Phi) is 6.64. The van der Waals surface area contributed by atoms with E-state index in [0.29, 0.717) is 36.5 Å². The molecule has 5 aromatic heterocycles. The van der Waals surface area contributed by atoms with Gasteiger partial charge in [-0.2, -0.15) is 10.4 Å². The quantitative estimate of drug-likeness (QED) is 0.276. The van der Waals surface area contributed by atoms with E-state index in [0.717, 1.165) is 59.4 Å². The predicted molar refractivity (Wildman–Crippen MR) is 157 cm³/mol. The summed E-state index contributed by atoms with van der Waals surface area (Å²) in [5, 5.41) is 25.8. The average Bonchev–Trinajstić information content (AvgIpc) is 3.65. The zero-order chi connectivity index (χ0) is 28.6. The average molecular weight is 562 g/mol. The van der Waals surface area contributed by atoms with Crippen molar-refractivity contribution in [2.75, 3.05) is 37.0 Å². The number of fused-ring (bicyclic) bond motifs is 3. The van der Waals surface area contributed by atoms with Crippen LogP contribution in [0.3, 0.4) is 0 Å². The van der Waals surface area contributed by atoms with Crippen LogP contribution in [-0.4, -0.2) is 78.5 Å². The number of anilines is 2. The van der Waals surface area contributed by atoms with Gasteiger partial charge in [0, 0.05) is 74.3 Å². The first-order valence-corrected chi connectivity index (χ1v) is 14.1. The molecule has 5 aromatic rings. The molecular weight excluding hydrogens is 530 g/mol. The minimum absolute atomic E-state index is 0.501. The Bertz CT molecular complexity index is 1740. The minimum atomic E-state index is 0.501. The highest BCUT2D eigenvalue weighted by Gasteiger charge is 2.44. The van der Waals surface area contributed by atoms with E-state index < -0.39 is 0 Å². The summed E-state index contributed by atoms with van der Waals surface area (Å²) in [5.41, 5.74) is 5.24. The highest BCUT2D eigenvalue weighted by Crippen LogP contribution is 2.36. The number of methoxy groups -OCH3 is 1. The molecule has 0 amide bonds. The number of aromatic amines is 1. The molecule has 0 radical (unpaired) electrons. The van der Waals surface area contributed by atoms with E-state index in [-0.39, 0.29) is 0 Å². The van der Waals surface area contributed by atoms with Crippen LogP contribution < -0.4 is 15.0 Å². The first-order chi connectivity index (χ1) is 20.6. The van der Waals surface area contributed by atoms with Crippen molar-refractivity contribution < 1.29 is 4.74 Å². The van der Waals surface area contributed by atoms with Crippen LogP contribution in [0.25, 0.3) is 16.6 Å². The normalized spacial score (nSPS) is 18.1. The fourth-order valence-corrected chi connectivity index (χ4v) is 6.05. The van der Waals surface area contributed by atoms with Gasteiger partial charge in [0.2, 0.25) is 5.88 Å². The summed E-state index contributed by atoms with van der Waals surface area (Å²) in [4.78, 5) is 17.3. The van der Waals surface area contributed by atoms with Crippen LogP contribution in [0, 0.1) is 18.3 Å². The van der Waals surface area contributed by atoms with Gasteiger partial charge in [-0.1, -0.05) is 6.07 Å². The molecule has 8 rings (SSSR count). The van der Waals surface area contributed by atoms with Gasteiger partial charge >= 0.3 is 0 Å². The molecule has 0 saturated carbocycles. The Balaban J connectivity index is 1.06. The van der Waals surface area contributed by atoms with Gasteiger partial charge in [-0.15, -0.1) is 10.2 Å². The number of H-pyrrole nitrogens is 1. The number of nitriles is 1. The number of nitrogens with one attached hydrogen (secondary N) is 2. The molecule has 0 aliphatic carbocycles. The summed E-state index contributed by atoms with van der Waals surface area (Å²) in [7, 11) is 1.64. The number of piperazine rings is 1. The SMILES string of the molecule is COc1ccc(CN2C3CC2CN(c2ccc(-c4cc(NCCc5nnc(C)[nH]5)cn5ncc(C#N)c45)cn2)C3)cn1. The van der Waals surface area contributed by atoms with Gasteiger partial charge in [-0.3, -0.25) is 4.90 Å². The second-order valence-corrected chi connectivity index (χ2v) is 10.9. The number of ether oxygens (including phenoxy) is 1. The predicted octanol–water partition coefficient (Wildman–Crippen LogP) is 3.22. The third-order valence-electron chi connectivity index (χ3n) is 8.17. The topological polar surface area (TPSA) is 136 Å². The molecule has 3 saturated heterocycles. The van der Waals surface area contributed by atoms with Crippen molar-refractivity contribution in [1.82, 2.24) is 39.7 Å². The van der Waals surface area contributed by atoms with Crippen molar-refractivity contribution in [3.63, 3.8) is 0 Å². The van der Waals surface area contributed by atoms with Crippen molar-refractivity contribution >= 4 is 17.0 Å². The number of rotatable bonds is 9. The van der Waals surface area contributed by atoms with Crippen molar-refractivity contribution in [3.8, 4) is 23.1 Å². The molecule has 3 aliphatic heterocycles. The number of piperidine rings is 1. The number of aromatic nitrogens is 7. The summed E-state index contributed by atoms with van der Waals surface area (Å²) in [6, 6.07) is 13.5. The van der Waals surface area contributed by atoms with Crippen LogP contribution in [-0.2, 0) is 13.0 Å². The highest BCUT2D eigenvalue weighted by atomic mass is 16.5. The maximum absolute atomic E-state index is 9.75. The van der Waals surface area contributed by atoms with Gasteiger partial charge in [0.15, 0.2) is 0 Å². The first-order valence-electron chi connectivity index (χ1n) is 14.1. The molecule has 0 spiro atoms. The fourth-order valence-electron chi connectivity index (χ4n) is 6.05. The Morgan fingerprint density at radius 2 is 1.98 bits per heavy atom. The summed E-state index contributed by atoms with van der Waals surface area (Å²) in [6.45, 7) is 5.35. The second kappa shape index (κ2) is 10.8. The molecule has 2 unspecified atom stereocenters. The maximum Gasteiger partial charge on any atom is 0.212 e. The summed E-state index contributed by atoms with van der Waals surface area (Å²) in [5.74, 6) is 3.25. The van der Waals surface area contributed by atoms with Gasteiger partial charge in [-0.05, 0) is 37.1 Å². The van der Waals surface area contributed by atoms with Crippen LogP contribution in [0.4, 0.5) is 11.5 Å². The molecule has 0 aromatic carbocycles. The Hall–Kier alpha value is -5.02. The fraction of sp³-hybridized carbons (Fsp3) is 0.333. The molecule has 8 heterocycles. The van der Waals surface area contributed by atoms with Gasteiger partial charge in [0.05, 0.1) is 36.3 Å². The summed E-state index contributed by atoms with van der Waals surface area (Å²) < 4.78 is 6.95. The van der Waals surface area contributed by atoms with E-state index >= 15 is 0 Å². The van der Waals surface area contributed by atoms with Crippen molar-refractivity contribution in [2.45, 2.75) is 38.4 Å². The molecule has 3 aliphatic rings. The van der Waals surface area contributed by atoms with Gasteiger partial charge in [0.1, 0.15) is 23.5 Å². The van der Waals surface area contributed by atoms with Crippen LogP contribution in [0.2, 0.25) is 0 Å². The van der Waals surface area contributed by atoms with Crippen molar-refractivity contribution in [1.29, 1.82) is 5.26 Å². The van der Waals surface area contributed by atoms with E-state index in [1.54, 1.807) is 17.8 Å². The van der Waals surface area contributed by atoms with Crippen molar-refractivity contribution in [2.24, 2.45) is 0 Å². The maximum atomic E-state index is 9.75.